The summed E-state index contributed by atoms with van der Waals surface area (Å²) in [6.07, 6.45) is 1.81. The molecule has 0 spiro atoms. The molecule has 0 amide bonds. The lowest BCUT2D eigenvalue weighted by Crippen LogP contribution is -2.02. The normalized spacial score (nSPS) is 10.9. The van der Waals surface area contributed by atoms with Gasteiger partial charge in [-0.05, 0) is 31.5 Å². The zero-order valence-corrected chi connectivity index (χ0v) is 11.8. The third-order valence-electron chi connectivity index (χ3n) is 3.45. The Morgan fingerprint density at radius 2 is 1.95 bits per heavy atom. The lowest BCUT2D eigenvalue weighted by atomic mass is 10.2. The Hall–Kier alpha value is -2.29. The van der Waals surface area contributed by atoms with E-state index in [1.54, 1.807) is 0 Å². The lowest BCUT2D eigenvalue weighted by molar-refractivity contribution is 0.344. The van der Waals surface area contributed by atoms with Gasteiger partial charge in [0, 0.05) is 18.4 Å². The number of pyridine rings is 1. The highest BCUT2D eigenvalue weighted by Gasteiger charge is 2.11. The third-order valence-corrected chi connectivity index (χ3v) is 3.45. The van der Waals surface area contributed by atoms with Crippen molar-refractivity contribution >= 4 is 11.0 Å². The molecule has 2 heterocycles. The average molecular weight is 266 g/mol. The van der Waals surface area contributed by atoms with Gasteiger partial charge in [0.2, 0.25) is 0 Å². The second-order valence-corrected chi connectivity index (χ2v) is 4.84. The Morgan fingerprint density at radius 3 is 2.70 bits per heavy atom. The molecule has 0 N–H and O–H groups in total. The Kier molecular flexibility index (Phi) is 3.42. The molecule has 2 aromatic heterocycles. The van der Waals surface area contributed by atoms with Gasteiger partial charge in [0.1, 0.15) is 11.4 Å². The van der Waals surface area contributed by atoms with Gasteiger partial charge < -0.3 is 9.30 Å². The number of benzene rings is 1. The Labute approximate surface area is 118 Å². The van der Waals surface area contributed by atoms with Crippen LogP contribution >= 0.6 is 0 Å². The van der Waals surface area contributed by atoms with Crippen LogP contribution in [0.4, 0.5) is 0 Å². The number of hydrogen-bond acceptors (Lipinski definition) is 2. The van der Waals surface area contributed by atoms with Crippen molar-refractivity contribution in [3.05, 3.63) is 59.9 Å². The summed E-state index contributed by atoms with van der Waals surface area (Å²) in [5, 5.41) is 1.09. The molecule has 0 aliphatic heterocycles. The van der Waals surface area contributed by atoms with E-state index in [1.807, 2.05) is 25.3 Å². The number of aryl methyl sites for hydroxylation is 1. The Bertz CT molecular complexity index is 716. The first-order valence-electron chi connectivity index (χ1n) is 6.91. The summed E-state index contributed by atoms with van der Waals surface area (Å²) >= 11 is 0. The molecule has 20 heavy (non-hydrogen) atoms. The summed E-state index contributed by atoms with van der Waals surface area (Å²) in [5.74, 6) is 0.910. The highest BCUT2D eigenvalue weighted by Crippen LogP contribution is 2.27. The quantitative estimate of drug-likeness (QED) is 0.718. The summed E-state index contributed by atoms with van der Waals surface area (Å²) in [7, 11) is 0. The minimum Gasteiger partial charge on any atom is -0.493 e. The van der Waals surface area contributed by atoms with Crippen LogP contribution in [0.15, 0.2) is 48.7 Å². The van der Waals surface area contributed by atoms with Gasteiger partial charge in [0.25, 0.3) is 0 Å². The number of aromatic nitrogens is 2. The molecule has 0 radical (unpaired) electrons. The number of ether oxygens (including phenoxy) is 1. The second-order valence-electron chi connectivity index (χ2n) is 4.84. The molecule has 0 bridgehead atoms. The monoisotopic (exact) mass is 266 g/mol. The van der Waals surface area contributed by atoms with Gasteiger partial charge in [-0.1, -0.05) is 30.3 Å². The molecule has 1 aromatic carbocycles. The van der Waals surface area contributed by atoms with E-state index in [2.05, 4.69) is 46.8 Å². The van der Waals surface area contributed by atoms with Crippen LogP contribution in [0.2, 0.25) is 0 Å². The molecular formula is C17H18N2O. The minimum absolute atomic E-state index is 0.669. The molecule has 102 valence electrons. The SMILES string of the molecule is CCOc1ccnc2c1cc(C)n2Cc1ccccc1. The van der Waals surface area contributed by atoms with Crippen molar-refractivity contribution in [1.29, 1.82) is 0 Å². The molecule has 0 unspecified atom stereocenters. The van der Waals surface area contributed by atoms with Crippen LogP contribution in [0, 0.1) is 6.92 Å². The van der Waals surface area contributed by atoms with Gasteiger partial charge >= 0.3 is 0 Å². The van der Waals surface area contributed by atoms with Crippen LogP contribution in [0.1, 0.15) is 18.2 Å². The van der Waals surface area contributed by atoms with Gasteiger partial charge in [0.05, 0.1) is 12.0 Å². The highest BCUT2D eigenvalue weighted by molar-refractivity contribution is 5.84. The first-order chi connectivity index (χ1) is 9.79. The molecule has 3 heteroatoms. The van der Waals surface area contributed by atoms with Gasteiger partial charge in [-0.3, -0.25) is 0 Å². The van der Waals surface area contributed by atoms with E-state index in [-0.39, 0.29) is 0 Å². The van der Waals surface area contributed by atoms with Crippen molar-refractivity contribution in [2.75, 3.05) is 6.61 Å². The molecule has 0 aliphatic carbocycles. The summed E-state index contributed by atoms with van der Waals surface area (Å²) in [6.45, 7) is 5.61. The fraction of sp³-hybridized carbons (Fsp3) is 0.235. The molecule has 0 saturated heterocycles. The van der Waals surface area contributed by atoms with E-state index < -0.39 is 0 Å². The van der Waals surface area contributed by atoms with E-state index in [0.717, 1.165) is 23.3 Å². The largest absolute Gasteiger partial charge is 0.493 e. The maximum atomic E-state index is 5.68. The smallest absolute Gasteiger partial charge is 0.144 e. The van der Waals surface area contributed by atoms with Crippen LogP contribution in [-0.4, -0.2) is 16.2 Å². The van der Waals surface area contributed by atoms with Crippen LogP contribution in [0.25, 0.3) is 11.0 Å². The van der Waals surface area contributed by atoms with Crippen LogP contribution in [0.3, 0.4) is 0 Å². The zero-order valence-electron chi connectivity index (χ0n) is 11.8. The van der Waals surface area contributed by atoms with Gasteiger partial charge in [-0.15, -0.1) is 0 Å². The molecule has 0 fully saturated rings. The number of nitrogens with zero attached hydrogens (tertiary/aromatic N) is 2. The maximum absolute atomic E-state index is 5.68. The number of hydrogen-bond donors (Lipinski definition) is 0. The minimum atomic E-state index is 0.669. The Morgan fingerprint density at radius 1 is 1.15 bits per heavy atom. The maximum Gasteiger partial charge on any atom is 0.144 e. The summed E-state index contributed by atoms with van der Waals surface area (Å²) < 4.78 is 7.91. The first kappa shape index (κ1) is 12.7. The summed E-state index contributed by atoms with van der Waals surface area (Å²) in [4.78, 5) is 4.52. The van der Waals surface area contributed by atoms with Crippen LogP contribution < -0.4 is 4.74 Å². The van der Waals surface area contributed by atoms with Crippen molar-refractivity contribution in [3.63, 3.8) is 0 Å². The molecule has 0 atom stereocenters. The van der Waals surface area contributed by atoms with Gasteiger partial charge in [-0.25, -0.2) is 4.98 Å². The molecule has 3 nitrogen and oxygen atoms in total. The lowest BCUT2D eigenvalue weighted by Gasteiger charge is -2.08. The number of rotatable bonds is 4. The standard InChI is InChI=1S/C17H18N2O/c1-3-20-16-9-10-18-17-15(16)11-13(2)19(17)12-14-7-5-4-6-8-14/h4-11H,3,12H2,1-2H3. The van der Waals surface area contributed by atoms with Crippen molar-refractivity contribution in [2.45, 2.75) is 20.4 Å². The topological polar surface area (TPSA) is 27.1 Å². The second kappa shape index (κ2) is 5.37. The van der Waals surface area contributed by atoms with E-state index in [4.69, 9.17) is 4.74 Å². The Balaban J connectivity index is 2.07. The van der Waals surface area contributed by atoms with Crippen LogP contribution in [-0.2, 0) is 6.54 Å². The summed E-state index contributed by atoms with van der Waals surface area (Å²) in [6, 6.07) is 14.5. The number of fused-ring (bicyclic) bond motifs is 1. The fourth-order valence-electron chi connectivity index (χ4n) is 2.50. The first-order valence-corrected chi connectivity index (χ1v) is 6.91. The molecule has 3 rings (SSSR count). The van der Waals surface area contributed by atoms with E-state index in [0.29, 0.717) is 6.61 Å². The van der Waals surface area contributed by atoms with Gasteiger partial charge in [-0.2, -0.15) is 0 Å². The highest BCUT2D eigenvalue weighted by atomic mass is 16.5. The van der Waals surface area contributed by atoms with Crippen LogP contribution in [0.5, 0.6) is 5.75 Å². The van der Waals surface area contributed by atoms with Crippen molar-refractivity contribution in [1.82, 2.24) is 9.55 Å². The predicted molar refractivity (Wildman–Crippen MR) is 81.2 cm³/mol. The predicted octanol–water partition coefficient (Wildman–Crippen LogP) is 3.79. The van der Waals surface area contributed by atoms with E-state index >= 15 is 0 Å². The van der Waals surface area contributed by atoms with Crippen molar-refractivity contribution in [2.24, 2.45) is 0 Å². The third kappa shape index (κ3) is 2.27. The van der Waals surface area contributed by atoms with E-state index in [1.165, 1.54) is 11.3 Å². The zero-order chi connectivity index (χ0) is 13.9. The molecular weight excluding hydrogens is 248 g/mol. The molecule has 0 aliphatic rings. The van der Waals surface area contributed by atoms with Crippen molar-refractivity contribution in [3.8, 4) is 5.75 Å². The van der Waals surface area contributed by atoms with E-state index in [9.17, 15) is 0 Å². The molecule has 3 aromatic rings. The van der Waals surface area contributed by atoms with Crippen molar-refractivity contribution < 1.29 is 4.74 Å². The summed E-state index contributed by atoms with van der Waals surface area (Å²) in [5.41, 5.74) is 3.46. The average Bonchev–Trinajstić information content (AvgIpc) is 2.78. The fourth-order valence-corrected chi connectivity index (χ4v) is 2.50. The van der Waals surface area contributed by atoms with Gasteiger partial charge in [0.15, 0.2) is 0 Å². The molecule has 0 saturated carbocycles.